The molecule has 8 nitrogen and oxygen atoms in total. The Balaban J connectivity index is 1.33. The van der Waals surface area contributed by atoms with E-state index in [9.17, 15) is 19.1 Å². The van der Waals surface area contributed by atoms with Crippen molar-refractivity contribution in [2.45, 2.75) is 25.0 Å². The van der Waals surface area contributed by atoms with Gasteiger partial charge in [0.2, 0.25) is 5.91 Å². The Morgan fingerprint density at radius 3 is 2.68 bits per heavy atom. The van der Waals surface area contributed by atoms with Gasteiger partial charge in [0.05, 0.1) is 6.54 Å². The molecule has 2 aromatic rings. The van der Waals surface area contributed by atoms with Crippen LogP contribution in [0.15, 0.2) is 42.6 Å². The summed E-state index contributed by atoms with van der Waals surface area (Å²) < 4.78 is 24.3. The molecule has 0 aliphatic carbocycles. The molecule has 2 aliphatic heterocycles. The number of benzene rings is 1. The summed E-state index contributed by atoms with van der Waals surface area (Å²) >= 11 is 0. The second-order valence-electron chi connectivity index (χ2n) is 7.64. The summed E-state index contributed by atoms with van der Waals surface area (Å²) in [4.78, 5) is 32.0. The maximum Gasteiger partial charge on any atom is 0.339 e. The summed E-state index contributed by atoms with van der Waals surface area (Å²) in [6.45, 7) is 1.92. The van der Waals surface area contributed by atoms with Crippen molar-refractivity contribution in [1.29, 1.82) is 0 Å². The van der Waals surface area contributed by atoms with Crippen LogP contribution in [0.3, 0.4) is 0 Å². The first-order chi connectivity index (χ1) is 15.0. The standard InChI is InChI=1S/C22H24FN3O5/c23-15-3-5-17(6-4-15)30-13-18-12-26(20(27)14-31-18)16-7-10-25(11-8-16)21-19(22(28)29)2-1-9-24-21/h1-6,9,16,18H,7-8,10-14H2,(H,28,29). The number of pyridine rings is 1. The van der Waals surface area contributed by atoms with Crippen LogP contribution in [0.5, 0.6) is 5.75 Å². The number of nitrogens with zero attached hydrogens (tertiary/aromatic N) is 3. The fourth-order valence-corrected chi connectivity index (χ4v) is 4.02. The summed E-state index contributed by atoms with van der Waals surface area (Å²) in [7, 11) is 0. The average molecular weight is 429 g/mol. The zero-order valence-corrected chi connectivity index (χ0v) is 16.9. The van der Waals surface area contributed by atoms with Gasteiger partial charge in [0, 0.05) is 25.3 Å². The van der Waals surface area contributed by atoms with Gasteiger partial charge in [0.1, 0.15) is 42.3 Å². The molecule has 31 heavy (non-hydrogen) atoms. The van der Waals surface area contributed by atoms with Crippen LogP contribution in [-0.4, -0.2) is 71.9 Å². The predicted molar refractivity (Wildman–Crippen MR) is 110 cm³/mol. The average Bonchev–Trinajstić information content (AvgIpc) is 2.80. The van der Waals surface area contributed by atoms with Gasteiger partial charge in [-0.3, -0.25) is 4.79 Å². The molecular weight excluding hydrogens is 405 g/mol. The van der Waals surface area contributed by atoms with Crippen LogP contribution in [-0.2, 0) is 9.53 Å². The molecule has 0 radical (unpaired) electrons. The normalized spacial score (nSPS) is 20.0. The number of hydrogen-bond acceptors (Lipinski definition) is 6. The van der Waals surface area contributed by atoms with Gasteiger partial charge in [-0.15, -0.1) is 0 Å². The molecule has 2 saturated heterocycles. The van der Waals surface area contributed by atoms with Crippen molar-refractivity contribution < 1.29 is 28.6 Å². The number of hydrogen-bond donors (Lipinski definition) is 1. The Kier molecular flexibility index (Phi) is 6.31. The summed E-state index contributed by atoms with van der Waals surface area (Å²) in [5.41, 5.74) is 0.182. The van der Waals surface area contributed by atoms with E-state index in [1.165, 1.54) is 12.1 Å². The number of carboxylic acid groups (broad SMARTS) is 1. The Morgan fingerprint density at radius 2 is 1.97 bits per heavy atom. The van der Waals surface area contributed by atoms with Crippen LogP contribution in [0.2, 0.25) is 0 Å². The van der Waals surface area contributed by atoms with Gasteiger partial charge >= 0.3 is 5.97 Å². The Labute approximate surface area is 179 Å². The van der Waals surface area contributed by atoms with E-state index in [0.717, 1.165) is 0 Å². The lowest BCUT2D eigenvalue weighted by Gasteiger charge is -2.42. The third kappa shape index (κ3) is 4.93. The highest BCUT2D eigenvalue weighted by atomic mass is 19.1. The van der Waals surface area contributed by atoms with Gasteiger partial charge in [-0.05, 0) is 49.2 Å². The molecule has 1 N–H and O–H groups in total. The van der Waals surface area contributed by atoms with Crippen molar-refractivity contribution in [3.05, 3.63) is 54.0 Å². The number of aromatic carboxylic acids is 1. The molecule has 9 heteroatoms. The molecule has 0 spiro atoms. The number of aromatic nitrogens is 1. The highest BCUT2D eigenvalue weighted by molar-refractivity contribution is 5.93. The van der Waals surface area contributed by atoms with Crippen molar-refractivity contribution in [1.82, 2.24) is 9.88 Å². The van der Waals surface area contributed by atoms with E-state index in [0.29, 0.717) is 44.0 Å². The number of anilines is 1. The zero-order valence-electron chi connectivity index (χ0n) is 16.9. The number of halogens is 1. The molecule has 2 aliphatic rings. The maximum atomic E-state index is 13.0. The number of piperidine rings is 1. The fourth-order valence-electron chi connectivity index (χ4n) is 4.02. The van der Waals surface area contributed by atoms with Crippen LogP contribution >= 0.6 is 0 Å². The van der Waals surface area contributed by atoms with Crippen molar-refractivity contribution in [3.8, 4) is 5.75 Å². The van der Waals surface area contributed by atoms with Crippen LogP contribution in [0.4, 0.5) is 10.2 Å². The quantitative estimate of drug-likeness (QED) is 0.753. The van der Waals surface area contributed by atoms with Crippen LogP contribution in [0.25, 0.3) is 0 Å². The van der Waals surface area contributed by atoms with Crippen molar-refractivity contribution in [2.24, 2.45) is 0 Å². The highest BCUT2D eigenvalue weighted by Gasteiger charge is 2.34. The summed E-state index contributed by atoms with van der Waals surface area (Å²) in [5.74, 6) is -0.373. The molecule has 0 saturated carbocycles. The van der Waals surface area contributed by atoms with Gasteiger partial charge in [0.25, 0.3) is 0 Å². The van der Waals surface area contributed by atoms with Crippen molar-refractivity contribution in [3.63, 3.8) is 0 Å². The zero-order chi connectivity index (χ0) is 21.8. The van der Waals surface area contributed by atoms with E-state index >= 15 is 0 Å². The molecule has 1 unspecified atom stereocenters. The van der Waals surface area contributed by atoms with Gasteiger partial charge < -0.3 is 24.4 Å². The lowest BCUT2D eigenvalue weighted by molar-refractivity contribution is -0.154. The highest BCUT2D eigenvalue weighted by Crippen LogP contribution is 2.25. The van der Waals surface area contributed by atoms with E-state index in [1.807, 2.05) is 9.80 Å². The lowest BCUT2D eigenvalue weighted by Crippen LogP contribution is -2.55. The first kappa shape index (κ1) is 21.0. The smallest absolute Gasteiger partial charge is 0.339 e. The number of morpholine rings is 1. The van der Waals surface area contributed by atoms with Gasteiger partial charge in [-0.2, -0.15) is 0 Å². The minimum atomic E-state index is -1.00. The molecule has 1 atom stereocenters. The molecule has 1 aromatic carbocycles. The topological polar surface area (TPSA) is 92.2 Å². The molecule has 4 rings (SSSR count). The van der Waals surface area contributed by atoms with Gasteiger partial charge in [-0.1, -0.05) is 0 Å². The Hall–Kier alpha value is -3.20. The molecule has 1 aromatic heterocycles. The number of carbonyl (C=O) groups excluding carboxylic acids is 1. The minimum Gasteiger partial charge on any atom is -0.491 e. The third-order valence-corrected chi connectivity index (χ3v) is 5.63. The van der Waals surface area contributed by atoms with E-state index in [4.69, 9.17) is 9.47 Å². The predicted octanol–water partition coefficient (Wildman–Crippen LogP) is 2.19. The molecule has 3 heterocycles. The minimum absolute atomic E-state index is 0.00105. The second kappa shape index (κ2) is 9.30. The molecule has 1 amide bonds. The number of carbonyl (C=O) groups is 2. The van der Waals surface area contributed by atoms with E-state index in [1.54, 1.807) is 30.5 Å². The monoisotopic (exact) mass is 429 g/mol. The van der Waals surface area contributed by atoms with Gasteiger partial charge in [-0.25, -0.2) is 14.2 Å². The summed E-state index contributed by atoms with van der Waals surface area (Å²) in [6.07, 6.45) is 2.75. The number of amides is 1. The van der Waals surface area contributed by atoms with Crippen LogP contribution < -0.4 is 9.64 Å². The Bertz CT molecular complexity index is 931. The molecule has 164 valence electrons. The first-order valence-electron chi connectivity index (χ1n) is 10.2. The number of rotatable bonds is 6. The van der Waals surface area contributed by atoms with Crippen LogP contribution in [0.1, 0.15) is 23.2 Å². The van der Waals surface area contributed by atoms with Crippen molar-refractivity contribution in [2.75, 3.05) is 37.7 Å². The van der Waals surface area contributed by atoms with Gasteiger partial charge in [0.15, 0.2) is 0 Å². The van der Waals surface area contributed by atoms with E-state index in [2.05, 4.69) is 4.98 Å². The van der Waals surface area contributed by atoms with Crippen molar-refractivity contribution >= 4 is 17.7 Å². The Morgan fingerprint density at radius 1 is 1.23 bits per heavy atom. The number of ether oxygens (including phenoxy) is 2. The summed E-state index contributed by atoms with van der Waals surface area (Å²) in [5, 5.41) is 9.40. The van der Waals surface area contributed by atoms with Crippen LogP contribution in [0, 0.1) is 5.82 Å². The number of carboxylic acids is 1. The molecular formula is C22H24FN3O5. The largest absolute Gasteiger partial charge is 0.491 e. The van der Waals surface area contributed by atoms with E-state index < -0.39 is 5.97 Å². The molecule has 2 fully saturated rings. The first-order valence-corrected chi connectivity index (χ1v) is 10.2. The van der Waals surface area contributed by atoms with E-state index in [-0.39, 0.29) is 42.6 Å². The fraction of sp³-hybridized carbons (Fsp3) is 0.409. The maximum absolute atomic E-state index is 13.0. The lowest BCUT2D eigenvalue weighted by atomic mass is 10.0. The molecule has 0 bridgehead atoms. The third-order valence-electron chi connectivity index (χ3n) is 5.63. The summed E-state index contributed by atoms with van der Waals surface area (Å²) in [6, 6.07) is 8.99. The SMILES string of the molecule is O=C(O)c1cccnc1N1CCC(N2CC(COc3ccc(F)cc3)OCC2=O)CC1. The second-order valence-corrected chi connectivity index (χ2v) is 7.64.